The average molecular weight is 594 g/mol. The molecule has 22 heavy (non-hydrogen) atoms. The molecule has 0 fully saturated rings. The summed E-state index contributed by atoms with van der Waals surface area (Å²) in [5.74, 6) is 0. The van der Waals surface area contributed by atoms with Crippen LogP contribution in [0.2, 0.25) is 0 Å². The zero-order valence-electron chi connectivity index (χ0n) is 13.7. The van der Waals surface area contributed by atoms with Gasteiger partial charge in [-0.15, -0.1) is 34.5 Å². The Morgan fingerprint density at radius 1 is 0.909 bits per heavy atom. The molecule has 0 atom stereocenters. The van der Waals surface area contributed by atoms with Gasteiger partial charge in [-0.05, 0) is 26.2 Å². The predicted octanol–water partition coefficient (Wildman–Crippen LogP) is -0.286. The van der Waals surface area contributed by atoms with Crippen LogP contribution in [0.4, 0.5) is 0 Å². The number of hydrogen-bond donors (Lipinski definition) is 0. The zero-order valence-corrected chi connectivity index (χ0v) is 20.5. The van der Waals surface area contributed by atoms with E-state index >= 15 is 0 Å². The van der Waals surface area contributed by atoms with E-state index in [0.717, 1.165) is 0 Å². The molecule has 0 aliphatic heterocycles. The standard InChI is InChI=1S/C19H21.2HI.Zr/c1-12-13(2)18(19(4,5)14(12)3)17-10-15-8-6-7-9-16(15)11-17;;;/h6-11H,1-5H3;2*1H;/q-1;;;+3/p-2. The molecule has 0 aromatic heterocycles. The van der Waals surface area contributed by atoms with Crippen LogP contribution in [-0.2, 0) is 26.2 Å². The van der Waals surface area contributed by atoms with Crippen LogP contribution in [0.15, 0.2) is 53.1 Å². The Morgan fingerprint density at radius 2 is 1.50 bits per heavy atom. The minimum Gasteiger partial charge on any atom is -1.00 e. The maximum absolute atomic E-state index is 2.34. The van der Waals surface area contributed by atoms with Crippen LogP contribution in [0.3, 0.4) is 0 Å². The fourth-order valence-electron chi connectivity index (χ4n) is 3.47. The van der Waals surface area contributed by atoms with Gasteiger partial charge in [0, 0.05) is 0 Å². The van der Waals surface area contributed by atoms with Crippen molar-refractivity contribution in [2.75, 3.05) is 0 Å². The summed E-state index contributed by atoms with van der Waals surface area (Å²) in [4.78, 5) is 0. The number of halogens is 2. The van der Waals surface area contributed by atoms with Crippen LogP contribution in [0, 0.1) is 5.41 Å². The molecule has 0 heterocycles. The van der Waals surface area contributed by atoms with Gasteiger partial charge in [0.15, 0.2) is 0 Å². The normalized spacial score (nSPS) is 16.2. The smallest absolute Gasteiger partial charge is 1.00 e. The molecule has 2 aromatic carbocycles. The molecule has 1 aliphatic rings. The monoisotopic (exact) mass is 593 g/mol. The summed E-state index contributed by atoms with van der Waals surface area (Å²) >= 11 is 0. The van der Waals surface area contributed by atoms with Crippen LogP contribution >= 0.6 is 0 Å². The predicted molar refractivity (Wildman–Crippen MR) is 84.3 cm³/mol. The maximum Gasteiger partial charge on any atom is 3.00 e. The van der Waals surface area contributed by atoms with E-state index in [1.165, 1.54) is 38.6 Å². The summed E-state index contributed by atoms with van der Waals surface area (Å²) in [7, 11) is 0. The molecule has 2 aromatic rings. The van der Waals surface area contributed by atoms with Gasteiger partial charge in [-0.25, -0.2) is 0 Å². The van der Waals surface area contributed by atoms with Crippen molar-refractivity contribution in [3.05, 3.63) is 58.7 Å². The van der Waals surface area contributed by atoms with Crippen LogP contribution in [0.25, 0.3) is 16.3 Å². The first-order valence-corrected chi connectivity index (χ1v) is 6.98. The summed E-state index contributed by atoms with van der Waals surface area (Å²) in [6, 6.07) is 13.3. The van der Waals surface area contributed by atoms with Crippen molar-refractivity contribution in [2.24, 2.45) is 5.41 Å². The molecule has 0 nitrogen and oxygen atoms in total. The van der Waals surface area contributed by atoms with Crippen molar-refractivity contribution in [1.82, 2.24) is 0 Å². The van der Waals surface area contributed by atoms with Crippen molar-refractivity contribution >= 4 is 16.3 Å². The second-order valence-corrected chi connectivity index (χ2v) is 6.25. The largest absolute Gasteiger partial charge is 3.00 e. The van der Waals surface area contributed by atoms with Crippen molar-refractivity contribution in [3.63, 3.8) is 0 Å². The Labute approximate surface area is 187 Å². The third-order valence-electron chi connectivity index (χ3n) is 4.97. The minimum absolute atomic E-state index is 0. The van der Waals surface area contributed by atoms with Gasteiger partial charge in [0.05, 0.1) is 0 Å². The number of fused-ring (bicyclic) bond motifs is 1. The van der Waals surface area contributed by atoms with Crippen molar-refractivity contribution in [3.8, 4) is 0 Å². The first-order chi connectivity index (χ1) is 8.93. The molecule has 3 heteroatoms. The van der Waals surface area contributed by atoms with E-state index in [0.29, 0.717) is 0 Å². The van der Waals surface area contributed by atoms with Crippen LogP contribution < -0.4 is 48.0 Å². The summed E-state index contributed by atoms with van der Waals surface area (Å²) in [6.07, 6.45) is 0. The van der Waals surface area contributed by atoms with E-state index in [-0.39, 0.29) is 79.6 Å². The zero-order chi connectivity index (χ0) is 13.8. The van der Waals surface area contributed by atoms with Gasteiger partial charge < -0.3 is 48.0 Å². The Kier molecular flexibility index (Phi) is 8.40. The third-order valence-corrected chi connectivity index (χ3v) is 4.97. The summed E-state index contributed by atoms with van der Waals surface area (Å²) in [5, 5.41) is 2.69. The average Bonchev–Trinajstić information content (AvgIpc) is 2.84. The Balaban J connectivity index is 0.00000147. The SMILES string of the molecule is CC1=C(C)C(C)(C)C(c2cc3ccccc3[cH-]2)=C1C.[I-].[I-].[Zr+3]. The molecule has 0 bridgehead atoms. The molecule has 115 valence electrons. The number of hydrogen-bond acceptors (Lipinski definition) is 0. The van der Waals surface area contributed by atoms with Crippen molar-refractivity contribution < 1.29 is 74.2 Å². The van der Waals surface area contributed by atoms with Gasteiger partial charge in [0.2, 0.25) is 0 Å². The third kappa shape index (κ3) is 3.51. The van der Waals surface area contributed by atoms with E-state index in [2.05, 4.69) is 71.0 Å². The fraction of sp³-hybridized carbons (Fsp3) is 0.316. The number of rotatable bonds is 1. The molecule has 1 radical (unpaired) electrons. The van der Waals surface area contributed by atoms with Crippen LogP contribution in [0.1, 0.15) is 40.2 Å². The van der Waals surface area contributed by atoms with E-state index in [9.17, 15) is 0 Å². The van der Waals surface area contributed by atoms with Gasteiger partial charge >= 0.3 is 26.2 Å². The molecule has 0 unspecified atom stereocenters. The first kappa shape index (κ1) is 22.7. The molecular formula is C19H21I2Zr. The molecular weight excluding hydrogens is 573 g/mol. The number of benzene rings is 1. The second-order valence-electron chi connectivity index (χ2n) is 6.25. The summed E-state index contributed by atoms with van der Waals surface area (Å²) in [5.41, 5.74) is 7.46. The van der Waals surface area contributed by atoms with E-state index in [1.807, 2.05) is 0 Å². The van der Waals surface area contributed by atoms with Gasteiger partial charge in [0.25, 0.3) is 0 Å². The summed E-state index contributed by atoms with van der Waals surface area (Å²) in [6.45, 7) is 11.5. The molecule has 3 rings (SSSR count). The van der Waals surface area contributed by atoms with Gasteiger partial charge in [0.1, 0.15) is 0 Å². The second kappa shape index (κ2) is 8.16. The number of allylic oxidation sites excluding steroid dienone is 4. The first-order valence-electron chi connectivity index (χ1n) is 6.98. The minimum atomic E-state index is 0. The molecule has 0 N–H and O–H groups in total. The molecule has 0 saturated carbocycles. The Hall–Kier alpha value is 0.653. The van der Waals surface area contributed by atoms with Crippen molar-refractivity contribution in [2.45, 2.75) is 34.6 Å². The van der Waals surface area contributed by atoms with Crippen LogP contribution in [0.5, 0.6) is 0 Å². The topological polar surface area (TPSA) is 0 Å². The molecule has 0 spiro atoms. The fourth-order valence-corrected chi connectivity index (χ4v) is 3.47. The molecule has 0 saturated heterocycles. The van der Waals surface area contributed by atoms with Gasteiger partial charge in [-0.3, -0.25) is 0 Å². The van der Waals surface area contributed by atoms with E-state index in [1.54, 1.807) is 0 Å². The maximum atomic E-state index is 2.34. The van der Waals surface area contributed by atoms with Gasteiger partial charge in [-0.1, -0.05) is 54.3 Å². The van der Waals surface area contributed by atoms with Gasteiger partial charge in [-0.2, -0.15) is 0 Å². The molecule has 1 aliphatic carbocycles. The van der Waals surface area contributed by atoms with E-state index < -0.39 is 0 Å². The van der Waals surface area contributed by atoms with Crippen LogP contribution in [-0.4, -0.2) is 0 Å². The molecule has 0 amide bonds. The van der Waals surface area contributed by atoms with Crippen molar-refractivity contribution in [1.29, 1.82) is 0 Å². The Morgan fingerprint density at radius 3 is 2.00 bits per heavy atom. The Bertz CT molecular complexity index is 700. The quantitative estimate of drug-likeness (QED) is 0.315. The van der Waals surface area contributed by atoms with E-state index in [4.69, 9.17) is 0 Å². The summed E-state index contributed by atoms with van der Waals surface area (Å²) < 4.78 is 0.